The van der Waals surface area contributed by atoms with Crippen molar-refractivity contribution in [1.29, 1.82) is 0 Å². The van der Waals surface area contributed by atoms with Gasteiger partial charge >= 0.3 is 0 Å². The zero-order chi connectivity index (χ0) is 28.1. The third kappa shape index (κ3) is 6.44. The first-order valence-electron chi connectivity index (χ1n) is 11.4. The lowest BCUT2D eigenvalue weighted by molar-refractivity contribution is -0.385. The number of thiocarbonyl (C=S) groups is 1. The summed E-state index contributed by atoms with van der Waals surface area (Å²) in [6.45, 7) is 0.291. The summed E-state index contributed by atoms with van der Waals surface area (Å²) in [5.74, 6) is -0.353. The van der Waals surface area contributed by atoms with Crippen LogP contribution in [0.5, 0.6) is 0 Å². The third-order valence-electron chi connectivity index (χ3n) is 5.44. The van der Waals surface area contributed by atoms with Gasteiger partial charge in [-0.05, 0) is 56.6 Å². The first kappa shape index (κ1) is 27.0. The number of amides is 1. The number of hydrogen-bond donors (Lipinski definition) is 2. The maximum atomic E-state index is 13.2. The van der Waals surface area contributed by atoms with Crippen LogP contribution < -0.4 is 15.6 Å². The molecule has 0 saturated carbocycles. The number of benzene rings is 3. The molecular weight excluding hydrogens is 524 g/mol. The van der Waals surface area contributed by atoms with Gasteiger partial charge in [0.15, 0.2) is 5.11 Å². The Morgan fingerprint density at radius 3 is 2.38 bits per heavy atom. The number of nitrogens with one attached hydrogen (secondary N) is 2. The van der Waals surface area contributed by atoms with Crippen molar-refractivity contribution < 1.29 is 14.6 Å². The van der Waals surface area contributed by atoms with Crippen LogP contribution in [0.25, 0.3) is 0 Å². The van der Waals surface area contributed by atoms with Crippen LogP contribution in [-0.4, -0.2) is 58.5 Å². The van der Waals surface area contributed by atoms with Gasteiger partial charge in [-0.25, -0.2) is 4.99 Å². The number of fused-ring (bicyclic) bond motifs is 1. The quantitative estimate of drug-likeness (QED) is 0.185. The van der Waals surface area contributed by atoms with Crippen LogP contribution in [0, 0.1) is 20.2 Å². The van der Waals surface area contributed by atoms with E-state index >= 15 is 0 Å². The molecule has 0 saturated heterocycles. The first-order chi connectivity index (χ1) is 18.6. The fraction of sp³-hybridized carbons (Fsp3) is 0.120. The van der Waals surface area contributed by atoms with Crippen LogP contribution in [0.4, 0.5) is 28.4 Å². The van der Waals surface area contributed by atoms with E-state index in [9.17, 15) is 25.0 Å². The number of aliphatic imine (C=N–C) groups is 1. The number of anilines is 2. The number of carbonyl (C=O) groups excluding carboxylic acids is 1. The standard InChI is InChI=1S/C25H22N8O5S/c1-30(2)15-31-22-11-10-20(33(37)38)13-21(22)23(24(31)34)27-17-6-8-18(9-7-17)28-25(39)29-26-14-16-4-3-5-19(12-16)32(35)36/h3-14H,15H2,1-2H3,(H2,28,29,39). The number of hydrazone groups is 1. The van der Waals surface area contributed by atoms with E-state index < -0.39 is 9.85 Å². The molecule has 0 radical (unpaired) electrons. The maximum Gasteiger partial charge on any atom is 0.278 e. The van der Waals surface area contributed by atoms with Crippen LogP contribution in [0.2, 0.25) is 0 Å². The van der Waals surface area contributed by atoms with E-state index in [1.165, 1.54) is 35.4 Å². The van der Waals surface area contributed by atoms with Gasteiger partial charge in [-0.15, -0.1) is 0 Å². The van der Waals surface area contributed by atoms with Crippen molar-refractivity contribution in [2.75, 3.05) is 31.0 Å². The summed E-state index contributed by atoms with van der Waals surface area (Å²) in [4.78, 5) is 42.2. The minimum atomic E-state index is -0.512. The number of carbonyl (C=O) groups is 1. The van der Waals surface area contributed by atoms with Crippen molar-refractivity contribution in [1.82, 2.24) is 10.3 Å². The molecule has 0 aromatic heterocycles. The van der Waals surface area contributed by atoms with E-state index in [4.69, 9.17) is 12.2 Å². The molecule has 1 amide bonds. The number of nitrogens with zero attached hydrogens (tertiary/aromatic N) is 6. The van der Waals surface area contributed by atoms with E-state index in [-0.39, 0.29) is 28.1 Å². The summed E-state index contributed by atoms with van der Waals surface area (Å²) in [5, 5.41) is 29.3. The second kappa shape index (κ2) is 11.5. The minimum Gasteiger partial charge on any atom is -0.331 e. The zero-order valence-electron chi connectivity index (χ0n) is 20.8. The van der Waals surface area contributed by atoms with E-state index in [1.807, 2.05) is 19.0 Å². The topological polar surface area (TPSA) is 159 Å². The highest BCUT2D eigenvalue weighted by molar-refractivity contribution is 7.80. The predicted molar refractivity (Wildman–Crippen MR) is 152 cm³/mol. The molecule has 39 heavy (non-hydrogen) atoms. The van der Waals surface area contributed by atoms with Crippen molar-refractivity contribution >= 4 is 63.6 Å². The molecule has 0 spiro atoms. The van der Waals surface area contributed by atoms with Crippen LogP contribution in [0.3, 0.4) is 0 Å². The Balaban J connectivity index is 1.47. The van der Waals surface area contributed by atoms with E-state index in [0.717, 1.165) is 0 Å². The number of non-ortho nitro benzene ring substituents is 2. The van der Waals surface area contributed by atoms with Crippen LogP contribution in [0.1, 0.15) is 11.1 Å². The third-order valence-corrected chi connectivity index (χ3v) is 5.63. The number of nitro groups is 2. The normalized spacial score (nSPS) is 13.7. The van der Waals surface area contributed by atoms with Gasteiger partial charge in [-0.1, -0.05) is 12.1 Å². The Labute approximate surface area is 227 Å². The summed E-state index contributed by atoms with van der Waals surface area (Å²) < 4.78 is 0. The van der Waals surface area contributed by atoms with Crippen molar-refractivity contribution in [3.63, 3.8) is 0 Å². The molecule has 3 aromatic carbocycles. The number of rotatable bonds is 8. The van der Waals surface area contributed by atoms with Gasteiger partial charge < -0.3 is 5.32 Å². The highest BCUT2D eigenvalue weighted by atomic mass is 32.1. The molecule has 0 fully saturated rings. The summed E-state index contributed by atoms with van der Waals surface area (Å²) >= 11 is 5.23. The van der Waals surface area contributed by atoms with Gasteiger partial charge in [-0.3, -0.25) is 40.2 Å². The Morgan fingerprint density at radius 1 is 1.03 bits per heavy atom. The molecule has 198 valence electrons. The lowest BCUT2D eigenvalue weighted by Gasteiger charge is -2.21. The second-order valence-electron chi connectivity index (χ2n) is 8.60. The molecule has 0 atom stereocenters. The molecule has 0 unspecified atom stereocenters. The van der Waals surface area contributed by atoms with Gasteiger partial charge in [-0.2, -0.15) is 5.10 Å². The van der Waals surface area contributed by atoms with E-state index in [2.05, 4.69) is 20.8 Å². The van der Waals surface area contributed by atoms with Gasteiger partial charge in [0.1, 0.15) is 5.71 Å². The fourth-order valence-electron chi connectivity index (χ4n) is 3.74. The Kier molecular flexibility index (Phi) is 7.98. The van der Waals surface area contributed by atoms with Crippen LogP contribution in [-0.2, 0) is 4.79 Å². The van der Waals surface area contributed by atoms with E-state index in [1.54, 1.807) is 42.5 Å². The van der Waals surface area contributed by atoms with Gasteiger partial charge in [0.05, 0.1) is 34.1 Å². The molecule has 1 aliphatic heterocycles. The predicted octanol–water partition coefficient (Wildman–Crippen LogP) is 3.81. The zero-order valence-corrected chi connectivity index (χ0v) is 21.6. The molecule has 3 aromatic rings. The van der Waals surface area contributed by atoms with E-state index in [0.29, 0.717) is 34.9 Å². The SMILES string of the molecule is CN(C)CN1C(=O)C(=Nc2ccc(NC(=S)NN=Cc3cccc([N+](=O)[O-])c3)cc2)c2cc([N+](=O)[O-])ccc21. The largest absolute Gasteiger partial charge is 0.331 e. The molecule has 4 rings (SSSR count). The van der Waals surface area contributed by atoms with Crippen molar-refractivity contribution in [2.45, 2.75) is 0 Å². The molecule has 1 aliphatic rings. The number of hydrogen-bond acceptors (Lipinski definition) is 9. The molecular formula is C25H22N8O5S. The summed E-state index contributed by atoms with van der Waals surface area (Å²) in [6, 6.07) is 17.0. The average molecular weight is 547 g/mol. The molecule has 13 nitrogen and oxygen atoms in total. The molecule has 1 heterocycles. The maximum absolute atomic E-state index is 13.2. The van der Waals surface area contributed by atoms with Crippen LogP contribution >= 0.6 is 12.2 Å². The fourth-order valence-corrected chi connectivity index (χ4v) is 3.91. The molecule has 2 N–H and O–H groups in total. The van der Waals surface area contributed by atoms with Gasteiger partial charge in [0, 0.05) is 41.1 Å². The summed E-state index contributed by atoms with van der Waals surface area (Å²) in [7, 11) is 3.63. The highest BCUT2D eigenvalue weighted by Crippen LogP contribution is 2.34. The van der Waals surface area contributed by atoms with Gasteiger partial charge in [0.2, 0.25) is 0 Å². The molecule has 14 heteroatoms. The Morgan fingerprint density at radius 2 is 1.72 bits per heavy atom. The minimum absolute atomic E-state index is 0.0465. The first-order valence-corrected chi connectivity index (χ1v) is 11.8. The smallest absolute Gasteiger partial charge is 0.278 e. The van der Waals surface area contributed by atoms with Crippen molar-refractivity contribution in [3.05, 3.63) is 98.1 Å². The number of nitro benzene ring substituents is 2. The lowest BCUT2D eigenvalue weighted by Crippen LogP contribution is -2.37. The van der Waals surface area contributed by atoms with Gasteiger partial charge in [0.25, 0.3) is 17.3 Å². The highest BCUT2D eigenvalue weighted by Gasteiger charge is 2.35. The lowest BCUT2D eigenvalue weighted by atomic mass is 10.1. The summed E-state index contributed by atoms with van der Waals surface area (Å²) in [5.41, 5.74) is 5.13. The molecule has 0 bridgehead atoms. The molecule has 0 aliphatic carbocycles. The monoisotopic (exact) mass is 546 g/mol. The van der Waals surface area contributed by atoms with Crippen molar-refractivity contribution in [3.8, 4) is 0 Å². The van der Waals surface area contributed by atoms with Crippen molar-refractivity contribution in [2.24, 2.45) is 10.1 Å². The summed E-state index contributed by atoms with van der Waals surface area (Å²) in [6.07, 6.45) is 1.40. The van der Waals surface area contributed by atoms with Crippen LogP contribution in [0.15, 0.2) is 76.8 Å². The Bertz CT molecular complexity index is 1520. The average Bonchev–Trinajstić information content (AvgIpc) is 3.14. The Hall–Kier alpha value is -5.08. The second-order valence-corrected chi connectivity index (χ2v) is 9.00.